The Bertz CT molecular complexity index is 373. The quantitative estimate of drug-likeness (QED) is 0.621. The van der Waals surface area contributed by atoms with Gasteiger partial charge >= 0.3 is 0 Å². The van der Waals surface area contributed by atoms with Crippen molar-refractivity contribution in [2.75, 3.05) is 13.2 Å². The van der Waals surface area contributed by atoms with Gasteiger partial charge in [0.15, 0.2) is 0 Å². The third kappa shape index (κ3) is 2.37. The van der Waals surface area contributed by atoms with Crippen LogP contribution >= 0.6 is 0 Å². The largest absolute Gasteiger partial charge is 0.378 e. The van der Waals surface area contributed by atoms with E-state index < -0.39 is 0 Å². The van der Waals surface area contributed by atoms with Crippen molar-refractivity contribution in [3.63, 3.8) is 0 Å². The highest BCUT2D eigenvalue weighted by Crippen LogP contribution is 2.18. The van der Waals surface area contributed by atoms with Crippen molar-refractivity contribution in [1.82, 2.24) is 5.32 Å². The van der Waals surface area contributed by atoms with Crippen LogP contribution in [0, 0.1) is 10.1 Å². The summed E-state index contributed by atoms with van der Waals surface area (Å²) in [5.74, 6) is 0. The van der Waals surface area contributed by atoms with E-state index in [-0.39, 0.29) is 16.7 Å². The van der Waals surface area contributed by atoms with Crippen LogP contribution < -0.4 is 5.32 Å². The van der Waals surface area contributed by atoms with Crippen LogP contribution in [0.2, 0.25) is 0 Å². The Balaban J connectivity index is 1.99. The zero-order chi connectivity index (χ0) is 11.5. The second kappa shape index (κ2) is 4.59. The van der Waals surface area contributed by atoms with E-state index in [1.807, 2.05) is 6.92 Å². The van der Waals surface area contributed by atoms with Crippen LogP contribution in [0.25, 0.3) is 0 Å². The molecule has 0 spiro atoms. The standard InChI is InChI=1S/C11H14N2O3/c1-8(12-10-6-16-7-10)9-2-4-11(5-3-9)13(14)15/h2-5,8,10,12H,6-7H2,1H3. The van der Waals surface area contributed by atoms with Crippen molar-refractivity contribution in [3.05, 3.63) is 39.9 Å². The van der Waals surface area contributed by atoms with Crippen LogP contribution in [-0.4, -0.2) is 24.2 Å². The third-order valence-electron chi connectivity index (χ3n) is 2.73. The third-order valence-corrected chi connectivity index (χ3v) is 2.73. The zero-order valence-corrected chi connectivity index (χ0v) is 9.05. The van der Waals surface area contributed by atoms with Gasteiger partial charge in [0.25, 0.3) is 5.69 Å². The Kier molecular flexibility index (Phi) is 3.17. The number of ether oxygens (including phenoxy) is 1. The number of rotatable bonds is 4. The van der Waals surface area contributed by atoms with E-state index in [0.29, 0.717) is 6.04 Å². The number of benzene rings is 1. The Labute approximate surface area is 93.6 Å². The molecule has 0 aliphatic carbocycles. The molecule has 1 N–H and O–H groups in total. The minimum atomic E-state index is -0.387. The molecule has 1 saturated heterocycles. The van der Waals surface area contributed by atoms with Gasteiger partial charge in [0.2, 0.25) is 0 Å². The summed E-state index contributed by atoms with van der Waals surface area (Å²) in [6.45, 7) is 3.54. The first-order valence-electron chi connectivity index (χ1n) is 5.25. The van der Waals surface area contributed by atoms with Crippen molar-refractivity contribution in [3.8, 4) is 0 Å². The van der Waals surface area contributed by atoms with Gasteiger partial charge in [0, 0.05) is 18.2 Å². The molecule has 1 unspecified atom stereocenters. The van der Waals surface area contributed by atoms with Gasteiger partial charge in [0.05, 0.1) is 24.2 Å². The summed E-state index contributed by atoms with van der Waals surface area (Å²) >= 11 is 0. The molecule has 0 bridgehead atoms. The lowest BCUT2D eigenvalue weighted by molar-refractivity contribution is -0.384. The average Bonchev–Trinajstić information content (AvgIpc) is 2.23. The molecule has 1 atom stereocenters. The average molecular weight is 222 g/mol. The number of hydrogen-bond acceptors (Lipinski definition) is 4. The Hall–Kier alpha value is -1.46. The molecule has 5 heteroatoms. The SMILES string of the molecule is CC(NC1COC1)c1ccc([N+](=O)[O-])cc1. The molecule has 16 heavy (non-hydrogen) atoms. The maximum atomic E-state index is 10.5. The molecule has 0 aromatic heterocycles. The fraction of sp³-hybridized carbons (Fsp3) is 0.455. The molecule has 0 saturated carbocycles. The summed E-state index contributed by atoms with van der Waals surface area (Å²) in [6, 6.07) is 7.24. The summed E-state index contributed by atoms with van der Waals surface area (Å²) in [5, 5.41) is 13.9. The van der Waals surface area contributed by atoms with Crippen molar-refractivity contribution < 1.29 is 9.66 Å². The van der Waals surface area contributed by atoms with Crippen LogP contribution in [0.4, 0.5) is 5.69 Å². The molecule has 1 aliphatic rings. The minimum Gasteiger partial charge on any atom is -0.378 e. The van der Waals surface area contributed by atoms with Crippen LogP contribution in [0.1, 0.15) is 18.5 Å². The first-order valence-corrected chi connectivity index (χ1v) is 5.25. The van der Waals surface area contributed by atoms with Crippen molar-refractivity contribution in [1.29, 1.82) is 0 Å². The molecule has 0 amide bonds. The van der Waals surface area contributed by atoms with Gasteiger partial charge in [-0.2, -0.15) is 0 Å². The van der Waals surface area contributed by atoms with Gasteiger partial charge in [-0.3, -0.25) is 10.1 Å². The lowest BCUT2D eigenvalue weighted by Crippen LogP contribution is -2.46. The van der Waals surface area contributed by atoms with Crippen molar-refractivity contribution in [2.45, 2.75) is 19.0 Å². The van der Waals surface area contributed by atoms with E-state index in [9.17, 15) is 10.1 Å². The van der Waals surface area contributed by atoms with E-state index in [2.05, 4.69) is 5.32 Å². The van der Waals surface area contributed by atoms with Gasteiger partial charge in [-0.1, -0.05) is 12.1 Å². The summed E-state index contributed by atoms with van der Waals surface area (Å²) in [4.78, 5) is 10.1. The highest BCUT2D eigenvalue weighted by Gasteiger charge is 2.20. The maximum Gasteiger partial charge on any atom is 0.269 e. The topological polar surface area (TPSA) is 64.4 Å². The Morgan fingerprint density at radius 2 is 2.06 bits per heavy atom. The highest BCUT2D eigenvalue weighted by atomic mass is 16.6. The molecule has 1 aromatic carbocycles. The Morgan fingerprint density at radius 3 is 2.50 bits per heavy atom. The predicted molar refractivity (Wildman–Crippen MR) is 59.3 cm³/mol. The molecular weight excluding hydrogens is 208 g/mol. The zero-order valence-electron chi connectivity index (χ0n) is 9.05. The molecule has 0 radical (unpaired) electrons. The van der Waals surface area contributed by atoms with E-state index in [0.717, 1.165) is 18.8 Å². The second-order valence-electron chi connectivity index (χ2n) is 3.97. The monoisotopic (exact) mass is 222 g/mol. The van der Waals surface area contributed by atoms with Gasteiger partial charge < -0.3 is 10.1 Å². The summed E-state index contributed by atoms with van der Waals surface area (Å²) in [6.07, 6.45) is 0. The minimum absolute atomic E-state index is 0.128. The summed E-state index contributed by atoms with van der Waals surface area (Å²) in [7, 11) is 0. The van der Waals surface area contributed by atoms with Gasteiger partial charge in [0.1, 0.15) is 0 Å². The molecule has 1 heterocycles. The first kappa shape index (κ1) is 11.0. The smallest absolute Gasteiger partial charge is 0.269 e. The molecule has 1 aliphatic heterocycles. The molecular formula is C11H14N2O3. The predicted octanol–water partition coefficient (Wildman–Crippen LogP) is 1.64. The summed E-state index contributed by atoms with van der Waals surface area (Å²) in [5.41, 5.74) is 1.18. The molecule has 5 nitrogen and oxygen atoms in total. The van der Waals surface area contributed by atoms with Gasteiger partial charge in [-0.15, -0.1) is 0 Å². The molecule has 86 valence electrons. The lowest BCUT2D eigenvalue weighted by atomic mass is 10.1. The van der Waals surface area contributed by atoms with E-state index in [1.165, 1.54) is 12.1 Å². The lowest BCUT2D eigenvalue weighted by Gasteiger charge is -2.30. The number of hydrogen-bond donors (Lipinski definition) is 1. The van der Waals surface area contributed by atoms with Crippen molar-refractivity contribution in [2.24, 2.45) is 0 Å². The van der Waals surface area contributed by atoms with E-state index in [4.69, 9.17) is 4.74 Å². The normalized spacial score (nSPS) is 17.8. The molecule has 1 fully saturated rings. The van der Waals surface area contributed by atoms with Gasteiger partial charge in [-0.25, -0.2) is 0 Å². The number of nitrogens with zero attached hydrogens (tertiary/aromatic N) is 1. The highest BCUT2D eigenvalue weighted by molar-refractivity contribution is 5.34. The number of nitrogens with one attached hydrogen (secondary N) is 1. The van der Waals surface area contributed by atoms with Gasteiger partial charge in [-0.05, 0) is 12.5 Å². The van der Waals surface area contributed by atoms with Crippen LogP contribution in [0.15, 0.2) is 24.3 Å². The van der Waals surface area contributed by atoms with Crippen LogP contribution in [0.3, 0.4) is 0 Å². The molecule has 1 aromatic rings. The fourth-order valence-electron chi connectivity index (χ4n) is 1.67. The second-order valence-corrected chi connectivity index (χ2v) is 3.97. The maximum absolute atomic E-state index is 10.5. The number of nitro benzene ring substituents is 1. The summed E-state index contributed by atoms with van der Waals surface area (Å²) < 4.78 is 5.07. The van der Waals surface area contributed by atoms with Crippen molar-refractivity contribution >= 4 is 5.69 Å². The van der Waals surface area contributed by atoms with E-state index >= 15 is 0 Å². The number of non-ortho nitro benzene ring substituents is 1. The Morgan fingerprint density at radius 1 is 1.44 bits per heavy atom. The number of nitro groups is 1. The molecule has 2 rings (SSSR count). The first-order chi connectivity index (χ1) is 7.66. The fourth-order valence-corrected chi connectivity index (χ4v) is 1.67. The van der Waals surface area contributed by atoms with E-state index in [1.54, 1.807) is 12.1 Å². The van der Waals surface area contributed by atoms with Crippen LogP contribution in [0.5, 0.6) is 0 Å². The van der Waals surface area contributed by atoms with Crippen LogP contribution in [-0.2, 0) is 4.74 Å².